The molecular weight excluding hydrogens is 128 g/mol. The number of hydrogen-bond donors (Lipinski definition) is 1. The molecular formula is C7H10N2O. The third-order valence-electron chi connectivity index (χ3n) is 0.392. The number of nitrogens with zero attached hydrogens (tertiary/aromatic N) is 1. The van der Waals surface area contributed by atoms with Crippen molar-refractivity contribution >= 4 is 5.91 Å². The zero-order valence-electron chi connectivity index (χ0n) is 5.92. The van der Waals surface area contributed by atoms with E-state index < -0.39 is 5.91 Å². The van der Waals surface area contributed by atoms with Gasteiger partial charge in [0.25, 0.3) is 0 Å². The van der Waals surface area contributed by atoms with E-state index in [0.717, 1.165) is 6.08 Å². The second-order valence-electron chi connectivity index (χ2n) is 1.50. The third-order valence-corrected chi connectivity index (χ3v) is 0.392. The Bertz CT molecular complexity index is 177. The van der Waals surface area contributed by atoms with E-state index in [9.17, 15) is 4.79 Å². The van der Waals surface area contributed by atoms with Crippen molar-refractivity contribution in [3.8, 4) is 6.07 Å². The van der Waals surface area contributed by atoms with E-state index in [1.807, 2.05) is 6.07 Å². The molecule has 0 spiro atoms. The van der Waals surface area contributed by atoms with E-state index in [4.69, 9.17) is 5.26 Å². The van der Waals surface area contributed by atoms with Gasteiger partial charge in [-0.1, -0.05) is 13.2 Å². The average Bonchev–Trinajstić information content (AvgIpc) is 1.89. The number of allylic oxidation sites excluding steroid dienone is 1. The first-order chi connectivity index (χ1) is 4.54. The lowest BCUT2D eigenvalue weighted by Crippen LogP contribution is -2.04. The van der Waals surface area contributed by atoms with Gasteiger partial charge < -0.3 is 5.73 Å². The fourth-order valence-corrected chi connectivity index (χ4v) is 0. The molecule has 0 aliphatic rings. The Morgan fingerprint density at radius 1 is 1.80 bits per heavy atom. The summed E-state index contributed by atoms with van der Waals surface area (Å²) in [5, 5.41) is 7.79. The summed E-state index contributed by atoms with van der Waals surface area (Å²) >= 11 is 0. The number of amides is 1. The van der Waals surface area contributed by atoms with E-state index in [1.165, 1.54) is 0 Å². The minimum absolute atomic E-state index is 0.481. The zero-order chi connectivity index (χ0) is 8.57. The van der Waals surface area contributed by atoms with Crippen molar-refractivity contribution in [2.24, 2.45) is 5.73 Å². The van der Waals surface area contributed by atoms with Gasteiger partial charge in [0.2, 0.25) is 5.91 Å². The van der Waals surface area contributed by atoms with Gasteiger partial charge >= 0.3 is 0 Å². The summed E-state index contributed by atoms with van der Waals surface area (Å²) in [5.41, 5.74) is 5.09. The molecule has 0 fully saturated rings. The Morgan fingerprint density at radius 2 is 2.00 bits per heavy atom. The van der Waals surface area contributed by atoms with E-state index in [1.54, 1.807) is 6.92 Å². The van der Waals surface area contributed by atoms with Gasteiger partial charge in [0, 0.05) is 5.57 Å². The summed E-state index contributed by atoms with van der Waals surface area (Å²) in [6, 6.07) is 1.83. The van der Waals surface area contributed by atoms with Crippen molar-refractivity contribution in [2.45, 2.75) is 6.92 Å². The minimum atomic E-state index is -0.481. The van der Waals surface area contributed by atoms with Crippen molar-refractivity contribution in [3.63, 3.8) is 0 Å². The second-order valence-corrected chi connectivity index (χ2v) is 1.50. The van der Waals surface area contributed by atoms with Crippen LogP contribution in [0.2, 0.25) is 0 Å². The molecule has 0 saturated heterocycles. The minimum Gasteiger partial charge on any atom is -0.366 e. The van der Waals surface area contributed by atoms with Gasteiger partial charge in [0.1, 0.15) is 0 Å². The van der Waals surface area contributed by atoms with Crippen LogP contribution in [-0.4, -0.2) is 5.91 Å². The number of hydrogen-bond acceptors (Lipinski definition) is 2. The summed E-state index contributed by atoms with van der Waals surface area (Å²) in [6.45, 7) is 8.06. The third kappa shape index (κ3) is 32.0. The fraction of sp³-hybridized carbons (Fsp3) is 0.143. The number of primary amides is 1. The highest BCUT2D eigenvalue weighted by molar-refractivity contribution is 5.84. The molecule has 0 aromatic carbocycles. The van der Waals surface area contributed by atoms with Crippen molar-refractivity contribution < 1.29 is 4.79 Å². The molecule has 0 rings (SSSR count). The van der Waals surface area contributed by atoms with Gasteiger partial charge in [0.05, 0.1) is 6.07 Å². The van der Waals surface area contributed by atoms with Gasteiger partial charge in [-0.05, 0) is 13.0 Å². The van der Waals surface area contributed by atoms with Crippen LogP contribution in [0.25, 0.3) is 0 Å². The highest BCUT2D eigenvalue weighted by atomic mass is 16.1. The Labute approximate surface area is 60.4 Å². The van der Waals surface area contributed by atoms with E-state index in [0.29, 0.717) is 5.57 Å². The van der Waals surface area contributed by atoms with Gasteiger partial charge in [-0.2, -0.15) is 5.26 Å². The predicted molar refractivity (Wildman–Crippen MR) is 39.8 cm³/mol. The maximum absolute atomic E-state index is 9.47. The van der Waals surface area contributed by atoms with E-state index in [-0.39, 0.29) is 0 Å². The molecule has 3 heteroatoms. The van der Waals surface area contributed by atoms with E-state index in [2.05, 4.69) is 18.9 Å². The number of rotatable bonds is 1. The van der Waals surface area contributed by atoms with Crippen molar-refractivity contribution in [1.82, 2.24) is 0 Å². The quantitative estimate of drug-likeness (QED) is 0.429. The number of nitriles is 1. The maximum Gasteiger partial charge on any atom is 0.240 e. The summed E-state index contributed by atoms with van der Waals surface area (Å²) in [6.07, 6.45) is 1.06. The van der Waals surface area contributed by atoms with Gasteiger partial charge in [-0.3, -0.25) is 4.79 Å². The highest BCUT2D eigenvalue weighted by Crippen LogP contribution is 1.74. The molecule has 0 bridgehead atoms. The molecule has 0 aromatic heterocycles. The van der Waals surface area contributed by atoms with Crippen molar-refractivity contribution in [3.05, 3.63) is 24.8 Å². The van der Waals surface area contributed by atoms with Crippen LogP contribution in [0, 0.1) is 11.3 Å². The molecule has 10 heavy (non-hydrogen) atoms. The van der Waals surface area contributed by atoms with E-state index >= 15 is 0 Å². The van der Waals surface area contributed by atoms with Crippen LogP contribution in [0.5, 0.6) is 0 Å². The molecule has 0 aromatic rings. The Kier molecular flexibility index (Phi) is 8.38. The smallest absolute Gasteiger partial charge is 0.240 e. The predicted octanol–water partition coefficient (Wildman–Crippen LogP) is 0.744. The number of carbonyl (C=O) groups excluding carboxylic acids is 1. The lowest BCUT2D eigenvalue weighted by Gasteiger charge is -1.65. The fourth-order valence-electron chi connectivity index (χ4n) is 0. The summed E-state index contributed by atoms with van der Waals surface area (Å²) in [4.78, 5) is 9.47. The molecule has 3 nitrogen and oxygen atoms in total. The molecule has 0 saturated carbocycles. The molecule has 0 atom stereocenters. The van der Waals surface area contributed by atoms with Gasteiger partial charge in [0.15, 0.2) is 0 Å². The Balaban J connectivity index is 0. The molecule has 0 radical (unpaired) electrons. The zero-order valence-corrected chi connectivity index (χ0v) is 5.92. The molecule has 0 unspecified atom stereocenters. The first kappa shape index (κ1) is 11.3. The lowest BCUT2D eigenvalue weighted by molar-refractivity contribution is -0.113. The molecule has 54 valence electrons. The topological polar surface area (TPSA) is 66.9 Å². The molecule has 0 aliphatic carbocycles. The summed E-state index contributed by atoms with van der Waals surface area (Å²) < 4.78 is 0. The Hall–Kier alpha value is -1.56. The van der Waals surface area contributed by atoms with Crippen LogP contribution in [0.4, 0.5) is 0 Å². The highest BCUT2D eigenvalue weighted by Gasteiger charge is 1.69. The van der Waals surface area contributed by atoms with Crippen LogP contribution in [0.3, 0.4) is 0 Å². The summed E-state index contributed by atoms with van der Waals surface area (Å²) in [7, 11) is 0. The van der Waals surface area contributed by atoms with Crippen LogP contribution in [0.15, 0.2) is 24.8 Å². The second kappa shape index (κ2) is 7.44. The first-order valence-corrected chi connectivity index (χ1v) is 2.52. The molecule has 2 N–H and O–H groups in total. The average molecular weight is 138 g/mol. The number of nitrogens with two attached hydrogens (primary N) is 1. The SMILES string of the molecule is C=C(C)C#N.C=CC(N)=O. The molecule has 0 heterocycles. The van der Waals surface area contributed by atoms with Gasteiger partial charge in [-0.15, -0.1) is 0 Å². The Morgan fingerprint density at radius 3 is 2.00 bits per heavy atom. The van der Waals surface area contributed by atoms with Crippen molar-refractivity contribution in [1.29, 1.82) is 5.26 Å². The monoisotopic (exact) mass is 138 g/mol. The first-order valence-electron chi connectivity index (χ1n) is 2.52. The van der Waals surface area contributed by atoms with Crippen LogP contribution in [-0.2, 0) is 4.79 Å². The standard InChI is InChI=1S/C4H5N.C3H5NO/c1-4(2)3-5;1-2-3(4)5/h1H2,2H3;2H,1H2,(H2,4,5). The van der Waals surface area contributed by atoms with Crippen LogP contribution < -0.4 is 5.73 Å². The lowest BCUT2D eigenvalue weighted by atomic mass is 10.4. The normalized spacial score (nSPS) is 6.00. The van der Waals surface area contributed by atoms with Crippen LogP contribution >= 0.6 is 0 Å². The maximum atomic E-state index is 9.47. The largest absolute Gasteiger partial charge is 0.366 e. The number of carbonyl (C=O) groups is 1. The molecule has 0 aliphatic heterocycles. The summed E-state index contributed by atoms with van der Waals surface area (Å²) in [5.74, 6) is -0.481. The van der Waals surface area contributed by atoms with Crippen LogP contribution in [0.1, 0.15) is 6.92 Å². The molecule has 1 amide bonds. The van der Waals surface area contributed by atoms with Crippen molar-refractivity contribution in [2.75, 3.05) is 0 Å². The van der Waals surface area contributed by atoms with Gasteiger partial charge in [-0.25, -0.2) is 0 Å².